The molecule has 0 radical (unpaired) electrons. The van der Waals surface area contributed by atoms with Gasteiger partial charge in [0.05, 0.1) is 33.8 Å². The van der Waals surface area contributed by atoms with Gasteiger partial charge in [-0.25, -0.2) is 18.1 Å². The van der Waals surface area contributed by atoms with Crippen LogP contribution in [0.2, 0.25) is 0 Å². The van der Waals surface area contributed by atoms with E-state index in [1.165, 1.54) is 48.5 Å². The number of amides is 4. The van der Waals surface area contributed by atoms with Crippen molar-refractivity contribution >= 4 is 63.3 Å². The molecule has 314 valence electrons. The van der Waals surface area contributed by atoms with Crippen molar-refractivity contribution in [1.82, 2.24) is 0 Å². The lowest BCUT2D eigenvalue weighted by atomic mass is 9.91. The van der Waals surface area contributed by atoms with E-state index >= 15 is 13.2 Å². The van der Waals surface area contributed by atoms with E-state index < -0.39 is 113 Å². The van der Waals surface area contributed by atoms with Crippen molar-refractivity contribution in [3.8, 4) is 0 Å². The van der Waals surface area contributed by atoms with Gasteiger partial charge in [-0.05, 0) is 83.3 Å². The Bertz CT molecular complexity index is 2340. The second kappa shape index (κ2) is 16.6. The summed E-state index contributed by atoms with van der Waals surface area (Å²) in [6.07, 6.45) is -19.9. The molecule has 5 aromatic rings. The lowest BCUT2D eigenvalue weighted by Gasteiger charge is -2.32. The van der Waals surface area contributed by atoms with E-state index in [9.17, 15) is 58.7 Å². The maximum absolute atomic E-state index is 16.4. The van der Waals surface area contributed by atoms with Crippen molar-refractivity contribution in [2.45, 2.75) is 24.2 Å². The molecular formula is C40H24F12IN3O4. The number of nitrogens with zero attached hydrogens (tertiary/aromatic N) is 3. The number of halogens is 13. The highest BCUT2D eigenvalue weighted by molar-refractivity contribution is 14.1. The van der Waals surface area contributed by atoms with E-state index in [2.05, 4.69) is 0 Å². The molecule has 5 aromatic carbocycles. The van der Waals surface area contributed by atoms with Crippen molar-refractivity contribution in [2.24, 2.45) is 0 Å². The number of hydrogen-bond donors (Lipinski definition) is 0. The molecule has 0 unspecified atom stereocenters. The summed E-state index contributed by atoms with van der Waals surface area (Å²) in [5, 5.41) is 0. The van der Waals surface area contributed by atoms with Crippen LogP contribution in [0.5, 0.6) is 0 Å². The number of hydrogen-bond acceptors (Lipinski definition) is 4. The fourth-order valence-electron chi connectivity index (χ4n) is 5.92. The Morgan fingerprint density at radius 3 is 1.25 bits per heavy atom. The summed E-state index contributed by atoms with van der Waals surface area (Å²) in [5.41, 5.74) is -17.6. The van der Waals surface area contributed by atoms with Gasteiger partial charge in [-0.1, -0.05) is 48.5 Å². The summed E-state index contributed by atoms with van der Waals surface area (Å²) in [5.74, 6) is -9.32. The first-order chi connectivity index (χ1) is 27.8. The maximum Gasteiger partial charge on any atom is 0.435 e. The third-order valence-electron chi connectivity index (χ3n) is 8.97. The van der Waals surface area contributed by atoms with Crippen molar-refractivity contribution in [3.63, 3.8) is 0 Å². The first-order valence-electron chi connectivity index (χ1n) is 16.7. The Morgan fingerprint density at radius 2 is 0.900 bits per heavy atom. The second-order valence-electron chi connectivity index (χ2n) is 12.7. The highest BCUT2D eigenvalue weighted by Gasteiger charge is 2.74. The molecule has 60 heavy (non-hydrogen) atoms. The van der Waals surface area contributed by atoms with E-state index in [0.29, 0.717) is 44.5 Å². The summed E-state index contributed by atoms with van der Waals surface area (Å²) < 4.78 is 174. The summed E-state index contributed by atoms with van der Waals surface area (Å²) in [6.45, 7) is 0. The van der Waals surface area contributed by atoms with Crippen LogP contribution in [0.3, 0.4) is 0 Å². The molecule has 0 saturated heterocycles. The summed E-state index contributed by atoms with van der Waals surface area (Å²) in [7, 11) is 2.07. The van der Waals surface area contributed by atoms with Crippen LogP contribution in [0.25, 0.3) is 0 Å². The average molecular weight is 966 g/mol. The van der Waals surface area contributed by atoms with E-state index in [1.807, 2.05) is 0 Å². The first kappa shape index (κ1) is 45.2. The monoisotopic (exact) mass is 965 g/mol. The third kappa shape index (κ3) is 8.28. The van der Waals surface area contributed by atoms with Gasteiger partial charge in [0.15, 0.2) is 11.6 Å². The Balaban J connectivity index is 1.79. The minimum absolute atomic E-state index is 0.00915. The van der Waals surface area contributed by atoms with Gasteiger partial charge in [0.25, 0.3) is 23.6 Å². The van der Waals surface area contributed by atoms with Crippen molar-refractivity contribution in [1.29, 1.82) is 0 Å². The van der Waals surface area contributed by atoms with Crippen LogP contribution < -0.4 is 14.7 Å². The van der Waals surface area contributed by atoms with Gasteiger partial charge in [0.2, 0.25) is 0 Å². The fraction of sp³-hybridized carbons (Fsp3) is 0.150. The average Bonchev–Trinajstić information content (AvgIpc) is 3.19. The summed E-state index contributed by atoms with van der Waals surface area (Å²) in [6, 6.07) is 17.8. The number of carbonyl (C=O) groups is 4. The van der Waals surface area contributed by atoms with E-state index in [1.54, 1.807) is 12.1 Å². The molecule has 5 rings (SSSR count). The maximum atomic E-state index is 16.4. The lowest BCUT2D eigenvalue weighted by molar-refractivity contribution is -0.348. The highest BCUT2D eigenvalue weighted by Crippen LogP contribution is 2.55. The Hall–Kier alpha value is -5.93. The molecule has 0 aliphatic carbocycles. The second-order valence-corrected chi connectivity index (χ2v) is 13.9. The minimum Gasteiger partial charge on any atom is -0.309 e. The van der Waals surface area contributed by atoms with Crippen LogP contribution in [0.4, 0.5) is 69.7 Å². The number of imide groups is 1. The largest absolute Gasteiger partial charge is 0.435 e. The third-order valence-corrected chi connectivity index (χ3v) is 9.79. The SMILES string of the molecule is CN(C(=O)c1ccccc1)c1cccc(C(=O)N(C(=O)c2cccc(N(C)C(=O)c3ccccc3)c2F)c2c(I)cc(C(F)(C(F)(F)F)C(F)(F)F)cc2C(F)(F)F)c1F. The molecule has 0 aromatic heterocycles. The molecule has 7 nitrogen and oxygen atoms in total. The normalized spacial score (nSPS) is 12.2. The topological polar surface area (TPSA) is 78.0 Å². The number of carbonyl (C=O) groups excluding carboxylic acids is 4. The van der Waals surface area contributed by atoms with Crippen molar-refractivity contribution in [2.75, 3.05) is 28.8 Å². The smallest absolute Gasteiger partial charge is 0.309 e. The minimum atomic E-state index is -6.91. The standard InChI is InChI=1S/C40H24F12IN3O4/c1-54(33(57)21-11-5-3-6-12-21)28-17-9-15-24(30(28)41)35(59)56(36(60)25-16-10-18-29(31(25)42)55(2)34(58)22-13-7-4-8-14-22)32-26(38(44,45)46)19-23(20-27(32)53)37(43,39(47,48)49)40(50,51)52/h3-20H,1-2H3. The van der Waals surface area contributed by atoms with Crippen molar-refractivity contribution < 1.29 is 71.9 Å². The van der Waals surface area contributed by atoms with E-state index in [0.717, 1.165) is 38.4 Å². The van der Waals surface area contributed by atoms with Crippen molar-refractivity contribution in [3.05, 3.63) is 158 Å². The Kier molecular flexibility index (Phi) is 12.5. The van der Waals surface area contributed by atoms with Gasteiger partial charge in [0, 0.05) is 34.4 Å². The number of rotatable bonds is 8. The zero-order chi connectivity index (χ0) is 44.7. The van der Waals surface area contributed by atoms with Gasteiger partial charge < -0.3 is 9.80 Å². The van der Waals surface area contributed by atoms with Gasteiger partial charge in [0.1, 0.15) is 0 Å². The molecule has 0 atom stereocenters. The Labute approximate surface area is 344 Å². The van der Waals surface area contributed by atoms with Crippen LogP contribution in [0.15, 0.2) is 109 Å². The van der Waals surface area contributed by atoms with Crippen LogP contribution in [-0.2, 0) is 11.8 Å². The molecule has 0 aliphatic rings. The Morgan fingerprint density at radius 1 is 0.517 bits per heavy atom. The predicted octanol–water partition coefficient (Wildman–Crippen LogP) is 10.9. The number of alkyl halides is 10. The lowest BCUT2D eigenvalue weighted by Crippen LogP contribution is -2.50. The molecule has 0 bridgehead atoms. The fourth-order valence-corrected chi connectivity index (χ4v) is 6.79. The highest BCUT2D eigenvalue weighted by atomic mass is 127. The molecule has 0 saturated carbocycles. The zero-order valence-electron chi connectivity index (χ0n) is 30.3. The van der Waals surface area contributed by atoms with Crippen LogP contribution in [-0.4, -0.2) is 50.1 Å². The molecule has 0 N–H and O–H groups in total. The predicted molar refractivity (Wildman–Crippen MR) is 201 cm³/mol. The molecule has 0 aliphatic heterocycles. The number of anilines is 3. The molecule has 4 amide bonds. The molecule has 20 heteroatoms. The van der Waals surface area contributed by atoms with Crippen LogP contribution in [0.1, 0.15) is 52.6 Å². The molecule has 0 fully saturated rings. The van der Waals surface area contributed by atoms with E-state index in [4.69, 9.17) is 0 Å². The van der Waals surface area contributed by atoms with Gasteiger partial charge in [-0.2, -0.15) is 39.5 Å². The number of benzene rings is 5. The molecular weight excluding hydrogens is 941 g/mol. The summed E-state index contributed by atoms with van der Waals surface area (Å²) in [4.78, 5) is 56.0. The first-order valence-corrected chi connectivity index (χ1v) is 17.8. The van der Waals surface area contributed by atoms with Gasteiger partial charge in [-0.15, -0.1) is 0 Å². The summed E-state index contributed by atoms with van der Waals surface area (Å²) >= 11 is 0.710. The van der Waals surface area contributed by atoms with Crippen LogP contribution in [0, 0.1) is 15.2 Å². The van der Waals surface area contributed by atoms with Crippen LogP contribution >= 0.6 is 22.6 Å². The molecule has 0 heterocycles. The van der Waals surface area contributed by atoms with Gasteiger partial charge in [-0.3, -0.25) is 19.2 Å². The van der Waals surface area contributed by atoms with Gasteiger partial charge >= 0.3 is 24.2 Å². The molecule has 0 spiro atoms. The van der Waals surface area contributed by atoms with E-state index in [-0.39, 0.29) is 17.2 Å². The zero-order valence-corrected chi connectivity index (χ0v) is 32.4. The quantitative estimate of drug-likeness (QED) is 0.0882.